The molecule has 3 saturated heterocycles. The first-order valence-electron chi connectivity index (χ1n) is 34.3. The second-order valence-electron chi connectivity index (χ2n) is 27.1. The third-order valence-corrected chi connectivity index (χ3v) is 20.6. The molecule has 0 aromatic heterocycles. The summed E-state index contributed by atoms with van der Waals surface area (Å²) in [4.78, 5) is 80.4. The van der Waals surface area contributed by atoms with Crippen molar-refractivity contribution in [3.8, 4) is 11.1 Å². The summed E-state index contributed by atoms with van der Waals surface area (Å²) >= 11 is 0. The van der Waals surface area contributed by atoms with Crippen molar-refractivity contribution in [2.75, 3.05) is 123 Å². The maximum absolute atomic E-state index is 14.3. The van der Waals surface area contributed by atoms with Crippen molar-refractivity contribution < 1.29 is 68.9 Å². The molecule has 5 aliphatic rings. The zero-order valence-corrected chi connectivity index (χ0v) is 56.4. The number of likely N-dealkylation sites (N-methyl/N-ethyl adjacent to an activating group) is 2. The molecule has 23 heteroatoms. The molecule has 2 atom stereocenters. The number of halogens is 7. The van der Waals surface area contributed by atoms with E-state index in [2.05, 4.69) is 32.1 Å². The topological polar surface area (TPSA) is 148 Å². The highest BCUT2D eigenvalue weighted by atomic mass is 19.4. The van der Waals surface area contributed by atoms with E-state index in [4.69, 9.17) is 14.2 Å². The molecular formula is C76H87F7N8O8. The second-order valence-corrected chi connectivity index (χ2v) is 27.1. The lowest BCUT2D eigenvalue weighted by Gasteiger charge is -2.44. The molecule has 0 unspecified atom stereocenters. The number of ether oxygens (including phenoxy) is 3. The first-order chi connectivity index (χ1) is 47.4. The summed E-state index contributed by atoms with van der Waals surface area (Å²) in [5.74, 6) is -1.75. The number of benzene rings is 6. The van der Waals surface area contributed by atoms with Crippen LogP contribution < -0.4 is 10.2 Å². The van der Waals surface area contributed by atoms with Gasteiger partial charge < -0.3 is 48.5 Å². The highest BCUT2D eigenvalue weighted by Gasteiger charge is 2.50. The average molecular weight is 1370 g/mol. The van der Waals surface area contributed by atoms with Crippen LogP contribution in [-0.4, -0.2) is 184 Å². The number of carbonyl (C=O) groups excluding carboxylic acids is 5. The number of hydrogen-bond acceptors (Lipinski definition) is 11. The number of unbranched alkanes of at least 4 members (excludes halogenated alkanes) is 2. The molecule has 0 radical (unpaired) electrons. The molecule has 4 aliphatic heterocycles. The largest absolute Gasteiger partial charge is 0.446 e. The van der Waals surface area contributed by atoms with Crippen LogP contribution in [0.4, 0.5) is 46.9 Å². The maximum Gasteiger partial charge on any atom is 0.416 e. The fourth-order valence-electron chi connectivity index (χ4n) is 14.8. The number of nitrogens with one attached hydrogen (secondary N) is 1. The minimum absolute atomic E-state index is 0.0262. The minimum Gasteiger partial charge on any atom is -0.446 e. The lowest BCUT2D eigenvalue weighted by Crippen LogP contribution is -2.50. The van der Waals surface area contributed by atoms with E-state index in [0.29, 0.717) is 100 Å². The normalized spacial score (nSPS) is 18.7. The van der Waals surface area contributed by atoms with E-state index in [9.17, 15) is 54.7 Å². The third-order valence-electron chi connectivity index (χ3n) is 20.6. The molecule has 99 heavy (non-hydrogen) atoms. The summed E-state index contributed by atoms with van der Waals surface area (Å²) in [5.41, 5.74) is 2.66. The van der Waals surface area contributed by atoms with E-state index in [1.165, 1.54) is 29.8 Å². The van der Waals surface area contributed by atoms with Crippen molar-refractivity contribution in [1.29, 1.82) is 0 Å². The number of fused-ring (bicyclic) bond motifs is 3. The van der Waals surface area contributed by atoms with Gasteiger partial charge in [0.15, 0.2) is 0 Å². The predicted molar refractivity (Wildman–Crippen MR) is 362 cm³/mol. The average Bonchev–Trinajstić information content (AvgIpc) is 1.61. The van der Waals surface area contributed by atoms with Crippen LogP contribution in [0.5, 0.6) is 0 Å². The van der Waals surface area contributed by atoms with Gasteiger partial charge in [-0.25, -0.2) is 9.18 Å². The Kier molecular flexibility index (Phi) is 22.8. The Morgan fingerprint density at radius 1 is 0.636 bits per heavy atom. The van der Waals surface area contributed by atoms with Gasteiger partial charge in [-0.3, -0.25) is 24.5 Å². The minimum atomic E-state index is -5.15. The van der Waals surface area contributed by atoms with Crippen LogP contribution in [-0.2, 0) is 60.0 Å². The van der Waals surface area contributed by atoms with E-state index in [1.54, 1.807) is 23.9 Å². The van der Waals surface area contributed by atoms with Gasteiger partial charge in [-0.05, 0) is 160 Å². The van der Waals surface area contributed by atoms with Crippen LogP contribution in [0.25, 0.3) is 11.1 Å². The van der Waals surface area contributed by atoms with Gasteiger partial charge in [0, 0.05) is 114 Å². The molecule has 0 saturated carbocycles. The summed E-state index contributed by atoms with van der Waals surface area (Å²) in [6, 6.07) is 37.9. The number of anilines is 2. The summed E-state index contributed by atoms with van der Waals surface area (Å²) in [7, 11) is 5.37. The Morgan fingerprint density at radius 3 is 2.03 bits per heavy atom. The number of rotatable bonds is 25. The summed E-state index contributed by atoms with van der Waals surface area (Å²) in [6.45, 7) is 6.40. The Morgan fingerprint density at radius 2 is 1.30 bits per heavy atom. The molecular weight excluding hydrogens is 1290 g/mol. The molecule has 16 nitrogen and oxygen atoms in total. The standard InChI is InChI=1S/C76H87F7N8O8/c1-85(34-14-35-87(3)70(94)56-22-27-66-55(45-56)28-39-90(66)36-13-5-8-21-68(92)86(2)43-44-88-37-29-62(30-38-88)99-72(96)84-65-20-12-10-18-63(65)53-15-6-4-7-16-53)69(93)50-97-67-48-54-17-9-11-19-64(54)73(67)31-40-89(41-32-73)42-33-74(58-23-25-61(77)26-24-58)51-91(52-98-74)71(95)57-46-59(75(78,79)80)49-60(47-57)76(81,82)83/h4,6-7,9-12,15-20,22-27,45-47,49,62,67H,5,8,13-14,21,28-44,48,50-52H2,1-3H3,(H,84,96)/t67-,74-/m0/s1. The first kappa shape index (κ1) is 71.9. The lowest BCUT2D eigenvalue weighted by molar-refractivity contribution is -0.143. The SMILES string of the molecule is CN(CCN1CCC(OC(=O)Nc2ccccc2-c2ccccc2)CC1)C(=O)CCCCCN1CCc2cc(C(=O)N(C)CCCN(C)C(=O)CO[C@H]3Cc4ccccc4C34CCN(CC[C@@]3(c5ccc(F)cc5)CN(C(=O)c5cc(C(F)(F)F)cc(C(F)(F)F)c5)CO3)CC4)ccc21. The Balaban J connectivity index is 0.578. The van der Waals surface area contributed by atoms with Crippen LogP contribution in [0.2, 0.25) is 0 Å². The molecule has 6 aromatic rings. The van der Waals surface area contributed by atoms with Crippen LogP contribution in [0.3, 0.4) is 0 Å². The Labute approximate surface area is 573 Å². The van der Waals surface area contributed by atoms with Crippen molar-refractivity contribution in [3.63, 3.8) is 0 Å². The fourth-order valence-corrected chi connectivity index (χ4v) is 14.8. The molecule has 1 spiro atoms. The Hall–Kier alpha value is -8.38. The number of hydrogen-bond donors (Lipinski definition) is 1. The number of alkyl halides is 6. The highest BCUT2D eigenvalue weighted by molar-refractivity contribution is 5.96. The number of carbonyl (C=O) groups is 5. The van der Waals surface area contributed by atoms with Gasteiger partial charge in [0.25, 0.3) is 11.8 Å². The molecule has 528 valence electrons. The van der Waals surface area contributed by atoms with E-state index < -0.39 is 64.6 Å². The van der Waals surface area contributed by atoms with Crippen molar-refractivity contribution in [1.82, 2.24) is 29.4 Å². The molecule has 3 fully saturated rings. The van der Waals surface area contributed by atoms with E-state index in [1.807, 2.05) is 96.9 Å². The summed E-state index contributed by atoms with van der Waals surface area (Å²) < 4.78 is 116. The zero-order valence-electron chi connectivity index (χ0n) is 56.4. The maximum atomic E-state index is 14.3. The van der Waals surface area contributed by atoms with Crippen LogP contribution >= 0.6 is 0 Å². The van der Waals surface area contributed by atoms with Crippen molar-refractivity contribution >= 4 is 41.1 Å². The quantitative estimate of drug-likeness (QED) is 0.0431. The number of likely N-dealkylation sites (tertiary alicyclic amines) is 2. The second kappa shape index (κ2) is 31.4. The molecule has 0 bridgehead atoms. The van der Waals surface area contributed by atoms with Crippen molar-refractivity contribution in [2.45, 2.75) is 113 Å². The van der Waals surface area contributed by atoms with Gasteiger partial charge in [0.2, 0.25) is 11.8 Å². The van der Waals surface area contributed by atoms with Crippen LogP contribution in [0, 0.1) is 5.82 Å². The fraction of sp³-hybridized carbons (Fsp3) is 0.461. The molecule has 4 heterocycles. The number of piperidine rings is 2. The summed E-state index contributed by atoms with van der Waals surface area (Å²) in [5, 5.41) is 2.94. The van der Waals surface area contributed by atoms with Gasteiger partial charge in [-0.1, -0.05) is 91.3 Å². The monoisotopic (exact) mass is 1370 g/mol. The van der Waals surface area contributed by atoms with Gasteiger partial charge in [0.1, 0.15) is 30.9 Å². The van der Waals surface area contributed by atoms with Crippen molar-refractivity contribution in [2.24, 2.45) is 0 Å². The molecule has 11 rings (SSSR count). The molecule has 1 aliphatic carbocycles. The third kappa shape index (κ3) is 17.4. The lowest BCUT2D eigenvalue weighted by atomic mass is 9.72. The number of para-hydroxylation sites is 1. The Bertz CT molecular complexity index is 3770. The summed E-state index contributed by atoms with van der Waals surface area (Å²) in [6.07, 6.45) is -2.99. The molecule has 5 amide bonds. The van der Waals surface area contributed by atoms with Crippen molar-refractivity contribution in [3.05, 3.63) is 190 Å². The van der Waals surface area contributed by atoms with E-state index in [0.717, 1.165) is 104 Å². The van der Waals surface area contributed by atoms with Crippen LogP contribution in [0.1, 0.15) is 118 Å². The smallest absolute Gasteiger partial charge is 0.416 e. The number of amides is 5. The predicted octanol–water partition coefficient (Wildman–Crippen LogP) is 12.9. The van der Waals surface area contributed by atoms with E-state index >= 15 is 0 Å². The highest BCUT2D eigenvalue weighted by Crippen LogP contribution is 2.49. The molecule has 1 N–H and O–H groups in total. The van der Waals surface area contributed by atoms with Gasteiger partial charge in [-0.15, -0.1) is 0 Å². The van der Waals surface area contributed by atoms with E-state index in [-0.39, 0.29) is 55.6 Å². The zero-order chi connectivity index (χ0) is 70.1. The number of nitrogens with zero attached hydrogens (tertiary/aromatic N) is 7. The van der Waals surface area contributed by atoms with Gasteiger partial charge in [-0.2, -0.15) is 26.3 Å². The van der Waals surface area contributed by atoms with Crippen LogP contribution in [0.15, 0.2) is 140 Å². The molecule has 6 aromatic carbocycles. The van der Waals surface area contributed by atoms with Gasteiger partial charge >= 0.3 is 18.4 Å². The first-order valence-corrected chi connectivity index (χ1v) is 34.3. The van der Waals surface area contributed by atoms with Gasteiger partial charge in [0.05, 0.1) is 29.5 Å².